The maximum atomic E-state index is 4.91. The molecule has 0 spiro atoms. The lowest BCUT2D eigenvalue weighted by Crippen LogP contribution is -1.88. The molecule has 9 rings (SSSR count). The summed E-state index contributed by atoms with van der Waals surface area (Å²) in [6.07, 6.45) is 2.11. The molecular formula is C43H28N2. The second-order valence-electron chi connectivity index (χ2n) is 11.8. The topological polar surface area (TPSA) is 17.3 Å². The number of hydrogen-bond donors (Lipinski definition) is 0. The molecule has 0 bridgehead atoms. The van der Waals surface area contributed by atoms with E-state index in [9.17, 15) is 0 Å². The summed E-state index contributed by atoms with van der Waals surface area (Å²) >= 11 is 0. The van der Waals surface area contributed by atoms with Crippen LogP contribution in [0.4, 0.5) is 0 Å². The van der Waals surface area contributed by atoms with Crippen LogP contribution >= 0.6 is 0 Å². The lowest BCUT2D eigenvalue weighted by molar-refractivity contribution is 0.974. The number of rotatable bonds is 4. The Hall–Kier alpha value is -5.99. The van der Waals surface area contributed by atoms with Crippen LogP contribution in [0.15, 0.2) is 170 Å². The van der Waals surface area contributed by atoms with E-state index < -0.39 is 0 Å². The SMILES string of the molecule is c1ccc2cc(-c3cc(-c4ccc(-c5cc6cc7ccccc7cn6n5)cc4)cc(-c4ccc5ccccc5c4)c3)ccc2c1. The van der Waals surface area contributed by atoms with Gasteiger partial charge in [0.25, 0.3) is 0 Å². The molecule has 7 aromatic carbocycles. The van der Waals surface area contributed by atoms with Crippen LogP contribution in [0.1, 0.15) is 0 Å². The van der Waals surface area contributed by atoms with E-state index in [4.69, 9.17) is 5.10 Å². The number of benzene rings is 7. The highest BCUT2D eigenvalue weighted by Gasteiger charge is 2.11. The van der Waals surface area contributed by atoms with Crippen LogP contribution < -0.4 is 0 Å². The molecule has 45 heavy (non-hydrogen) atoms. The second-order valence-corrected chi connectivity index (χ2v) is 11.8. The fourth-order valence-electron chi connectivity index (χ4n) is 6.51. The zero-order valence-corrected chi connectivity index (χ0v) is 24.6. The molecular weight excluding hydrogens is 544 g/mol. The monoisotopic (exact) mass is 572 g/mol. The van der Waals surface area contributed by atoms with Crippen LogP contribution in [0.3, 0.4) is 0 Å². The lowest BCUT2D eigenvalue weighted by atomic mass is 9.91. The maximum Gasteiger partial charge on any atom is 0.0933 e. The maximum absolute atomic E-state index is 4.91. The third-order valence-corrected chi connectivity index (χ3v) is 8.94. The minimum absolute atomic E-state index is 0.971. The zero-order chi connectivity index (χ0) is 29.7. The molecule has 0 saturated carbocycles. The number of fused-ring (bicyclic) bond motifs is 4. The normalized spacial score (nSPS) is 11.6. The van der Waals surface area contributed by atoms with Gasteiger partial charge in [-0.2, -0.15) is 5.10 Å². The Labute approximate surface area is 261 Å². The summed E-state index contributed by atoms with van der Waals surface area (Å²) in [4.78, 5) is 0. The van der Waals surface area contributed by atoms with Gasteiger partial charge in [0.2, 0.25) is 0 Å². The minimum atomic E-state index is 0.971. The predicted molar refractivity (Wildman–Crippen MR) is 189 cm³/mol. The highest BCUT2D eigenvalue weighted by molar-refractivity contribution is 5.92. The van der Waals surface area contributed by atoms with Gasteiger partial charge in [0, 0.05) is 17.1 Å². The molecule has 2 aromatic heterocycles. The Bertz CT molecular complexity index is 2390. The number of pyridine rings is 1. The van der Waals surface area contributed by atoms with Crippen molar-refractivity contribution in [3.8, 4) is 44.6 Å². The summed E-state index contributed by atoms with van der Waals surface area (Å²) in [6, 6.07) is 59.2. The highest BCUT2D eigenvalue weighted by Crippen LogP contribution is 2.36. The van der Waals surface area contributed by atoms with Gasteiger partial charge in [0.1, 0.15) is 0 Å². The van der Waals surface area contributed by atoms with E-state index in [2.05, 4.69) is 170 Å². The van der Waals surface area contributed by atoms with E-state index in [-0.39, 0.29) is 0 Å². The fourth-order valence-corrected chi connectivity index (χ4v) is 6.51. The van der Waals surface area contributed by atoms with Crippen molar-refractivity contribution in [1.29, 1.82) is 0 Å². The summed E-state index contributed by atoms with van der Waals surface area (Å²) in [6.45, 7) is 0. The molecule has 0 N–H and O–H groups in total. The fraction of sp³-hybridized carbons (Fsp3) is 0. The van der Waals surface area contributed by atoms with Crippen LogP contribution in [0, 0.1) is 0 Å². The van der Waals surface area contributed by atoms with Crippen molar-refractivity contribution in [2.75, 3.05) is 0 Å². The van der Waals surface area contributed by atoms with Gasteiger partial charge < -0.3 is 0 Å². The van der Waals surface area contributed by atoms with Gasteiger partial charge in [-0.3, -0.25) is 0 Å². The van der Waals surface area contributed by atoms with Crippen molar-refractivity contribution in [3.05, 3.63) is 170 Å². The quantitative estimate of drug-likeness (QED) is 0.205. The minimum Gasteiger partial charge on any atom is -0.240 e. The molecule has 2 heterocycles. The highest BCUT2D eigenvalue weighted by atomic mass is 15.2. The largest absolute Gasteiger partial charge is 0.240 e. The van der Waals surface area contributed by atoms with Crippen LogP contribution in [0.25, 0.3) is 82.5 Å². The Morgan fingerprint density at radius 1 is 0.311 bits per heavy atom. The van der Waals surface area contributed by atoms with Gasteiger partial charge >= 0.3 is 0 Å². The van der Waals surface area contributed by atoms with Gasteiger partial charge in [0.05, 0.1) is 11.2 Å². The molecule has 0 aliphatic carbocycles. The van der Waals surface area contributed by atoms with Crippen molar-refractivity contribution >= 4 is 37.8 Å². The first-order valence-electron chi connectivity index (χ1n) is 15.4. The Balaban J connectivity index is 1.15. The first-order valence-corrected chi connectivity index (χ1v) is 15.4. The summed E-state index contributed by atoms with van der Waals surface area (Å²) in [5.74, 6) is 0. The van der Waals surface area contributed by atoms with Crippen LogP contribution in [0.5, 0.6) is 0 Å². The van der Waals surface area contributed by atoms with Gasteiger partial charge in [-0.15, -0.1) is 0 Å². The van der Waals surface area contributed by atoms with E-state index in [0.717, 1.165) is 16.8 Å². The summed E-state index contributed by atoms with van der Waals surface area (Å²) in [5, 5.41) is 12.3. The molecule has 0 aliphatic rings. The standard InChI is InChI=1S/C43H28N2/c1-3-9-33-21-36(19-15-29(33)7-1)40-23-39(24-41(25-40)37-20-16-30-8-2-4-10-34(30)22-37)31-13-17-32(18-14-31)43-27-42-26-35-11-5-6-12-38(35)28-45(42)44-43/h1-28H. The number of aromatic nitrogens is 2. The molecule has 0 saturated heterocycles. The summed E-state index contributed by atoms with van der Waals surface area (Å²) in [7, 11) is 0. The third-order valence-electron chi connectivity index (χ3n) is 8.94. The van der Waals surface area contributed by atoms with Crippen molar-refractivity contribution < 1.29 is 0 Å². The molecule has 210 valence electrons. The van der Waals surface area contributed by atoms with Gasteiger partial charge in [-0.25, -0.2) is 4.52 Å². The van der Waals surface area contributed by atoms with Crippen LogP contribution in [-0.2, 0) is 0 Å². The molecule has 2 heteroatoms. The van der Waals surface area contributed by atoms with E-state index in [0.29, 0.717) is 0 Å². The molecule has 0 aliphatic heterocycles. The first-order chi connectivity index (χ1) is 22.2. The predicted octanol–water partition coefficient (Wildman–Crippen LogP) is 11.5. The third kappa shape index (κ3) is 4.64. The molecule has 0 amide bonds. The van der Waals surface area contributed by atoms with Gasteiger partial charge in [-0.1, -0.05) is 121 Å². The number of nitrogens with zero attached hydrogens (tertiary/aromatic N) is 2. The zero-order valence-electron chi connectivity index (χ0n) is 24.6. The average molecular weight is 573 g/mol. The Kier molecular flexibility index (Phi) is 5.85. The smallest absolute Gasteiger partial charge is 0.0933 e. The lowest BCUT2D eigenvalue weighted by Gasteiger charge is -2.13. The Morgan fingerprint density at radius 2 is 0.756 bits per heavy atom. The van der Waals surface area contributed by atoms with Crippen molar-refractivity contribution in [2.24, 2.45) is 0 Å². The molecule has 0 unspecified atom stereocenters. The Morgan fingerprint density at radius 3 is 1.33 bits per heavy atom. The molecule has 0 radical (unpaired) electrons. The number of hydrogen-bond acceptors (Lipinski definition) is 1. The van der Waals surface area contributed by atoms with Crippen LogP contribution in [-0.4, -0.2) is 9.61 Å². The van der Waals surface area contributed by atoms with Crippen molar-refractivity contribution in [3.63, 3.8) is 0 Å². The van der Waals surface area contributed by atoms with E-state index in [1.807, 2.05) is 4.52 Å². The molecule has 0 fully saturated rings. The molecule has 2 nitrogen and oxygen atoms in total. The summed E-state index contributed by atoms with van der Waals surface area (Å²) < 4.78 is 1.98. The molecule has 9 aromatic rings. The van der Waals surface area contributed by atoms with Crippen molar-refractivity contribution in [2.45, 2.75) is 0 Å². The van der Waals surface area contributed by atoms with Gasteiger partial charge in [0.15, 0.2) is 0 Å². The van der Waals surface area contributed by atoms with E-state index in [1.54, 1.807) is 0 Å². The van der Waals surface area contributed by atoms with E-state index in [1.165, 1.54) is 65.7 Å². The average Bonchev–Trinajstić information content (AvgIpc) is 3.53. The van der Waals surface area contributed by atoms with E-state index >= 15 is 0 Å². The van der Waals surface area contributed by atoms with Gasteiger partial charge in [-0.05, 0) is 103 Å². The summed E-state index contributed by atoms with van der Waals surface area (Å²) in [5.41, 5.74) is 10.4. The first kappa shape index (κ1) is 25.5. The second kappa shape index (κ2) is 10.3. The van der Waals surface area contributed by atoms with Crippen LogP contribution in [0.2, 0.25) is 0 Å². The molecule has 0 atom stereocenters. The van der Waals surface area contributed by atoms with Crippen molar-refractivity contribution in [1.82, 2.24) is 9.61 Å².